The van der Waals surface area contributed by atoms with Crippen molar-refractivity contribution in [3.05, 3.63) is 39.7 Å². The van der Waals surface area contributed by atoms with E-state index in [2.05, 4.69) is 37.4 Å². The average Bonchev–Trinajstić information content (AvgIpc) is 2.81. The van der Waals surface area contributed by atoms with E-state index in [0.29, 0.717) is 0 Å². The lowest BCUT2D eigenvalue weighted by Gasteiger charge is -2.03. The largest absolute Gasteiger partial charge is 0.385 e. The molecule has 2 rings (SSSR count). The fourth-order valence-electron chi connectivity index (χ4n) is 1.93. The second kappa shape index (κ2) is 6.12. The molecule has 0 aliphatic rings. The monoisotopic (exact) mass is 261 g/mol. The van der Waals surface area contributed by atoms with Crippen molar-refractivity contribution >= 4 is 11.3 Å². The summed E-state index contributed by atoms with van der Waals surface area (Å²) in [7, 11) is 1.74. The lowest BCUT2D eigenvalue weighted by molar-refractivity contribution is 0.195. The number of ether oxygens (including phenoxy) is 1. The van der Waals surface area contributed by atoms with Gasteiger partial charge in [-0.15, -0.1) is 11.3 Å². The highest BCUT2D eigenvalue weighted by molar-refractivity contribution is 7.09. The van der Waals surface area contributed by atoms with Gasteiger partial charge in [0.1, 0.15) is 0 Å². The number of aryl methyl sites for hydroxylation is 3. The molecule has 0 N–H and O–H groups in total. The summed E-state index contributed by atoms with van der Waals surface area (Å²) < 4.78 is 5.07. The van der Waals surface area contributed by atoms with Crippen molar-refractivity contribution in [1.29, 1.82) is 0 Å². The van der Waals surface area contributed by atoms with E-state index in [0.717, 1.165) is 25.1 Å². The van der Waals surface area contributed by atoms with Gasteiger partial charge < -0.3 is 4.74 Å². The third-order valence-electron chi connectivity index (χ3n) is 2.96. The van der Waals surface area contributed by atoms with Crippen LogP contribution in [-0.2, 0) is 11.2 Å². The van der Waals surface area contributed by atoms with Crippen molar-refractivity contribution in [2.24, 2.45) is 0 Å². The second-order valence-electron chi connectivity index (χ2n) is 4.54. The molecule has 0 aliphatic carbocycles. The molecule has 0 radical (unpaired) electrons. The van der Waals surface area contributed by atoms with Crippen LogP contribution >= 0.6 is 11.3 Å². The van der Waals surface area contributed by atoms with E-state index < -0.39 is 0 Å². The molecule has 0 spiro atoms. The summed E-state index contributed by atoms with van der Waals surface area (Å²) in [6, 6.07) is 6.52. The van der Waals surface area contributed by atoms with Crippen molar-refractivity contribution in [2.75, 3.05) is 13.7 Å². The van der Waals surface area contributed by atoms with Gasteiger partial charge in [-0.1, -0.05) is 17.7 Å². The summed E-state index contributed by atoms with van der Waals surface area (Å²) in [5.41, 5.74) is 4.93. The number of thiazole rings is 1. The van der Waals surface area contributed by atoms with E-state index in [-0.39, 0.29) is 0 Å². The van der Waals surface area contributed by atoms with Gasteiger partial charge in [-0.05, 0) is 31.9 Å². The first-order chi connectivity index (χ1) is 8.70. The fraction of sp³-hybridized carbons (Fsp3) is 0.400. The Hall–Kier alpha value is -1.19. The van der Waals surface area contributed by atoms with E-state index in [4.69, 9.17) is 9.72 Å². The SMILES string of the molecule is COCCCc1nc(-c2cc(C)ccc2C)cs1. The summed E-state index contributed by atoms with van der Waals surface area (Å²) in [4.78, 5) is 4.72. The van der Waals surface area contributed by atoms with Crippen LogP contribution in [0, 0.1) is 13.8 Å². The van der Waals surface area contributed by atoms with Crippen LogP contribution in [0.3, 0.4) is 0 Å². The van der Waals surface area contributed by atoms with Crippen molar-refractivity contribution in [1.82, 2.24) is 4.98 Å². The summed E-state index contributed by atoms with van der Waals surface area (Å²) in [6.45, 7) is 5.06. The van der Waals surface area contributed by atoms with E-state index in [1.54, 1.807) is 18.4 Å². The van der Waals surface area contributed by atoms with Gasteiger partial charge in [-0.3, -0.25) is 0 Å². The van der Waals surface area contributed by atoms with Gasteiger partial charge in [0.05, 0.1) is 10.7 Å². The molecule has 0 bridgehead atoms. The summed E-state index contributed by atoms with van der Waals surface area (Å²) in [5.74, 6) is 0. The van der Waals surface area contributed by atoms with Crippen LogP contribution < -0.4 is 0 Å². The number of nitrogens with zero attached hydrogens (tertiary/aromatic N) is 1. The molecule has 0 amide bonds. The quantitative estimate of drug-likeness (QED) is 0.759. The van der Waals surface area contributed by atoms with E-state index >= 15 is 0 Å². The van der Waals surface area contributed by atoms with Crippen molar-refractivity contribution < 1.29 is 4.74 Å². The standard InChI is InChI=1S/C15H19NOS/c1-11-6-7-12(2)13(9-11)14-10-18-15(16-14)5-4-8-17-3/h6-7,9-10H,4-5,8H2,1-3H3. The zero-order valence-corrected chi connectivity index (χ0v) is 12.0. The maximum Gasteiger partial charge on any atom is 0.0933 e. The molecule has 0 fully saturated rings. The minimum Gasteiger partial charge on any atom is -0.385 e. The van der Waals surface area contributed by atoms with Crippen molar-refractivity contribution in [3.8, 4) is 11.3 Å². The first kappa shape index (κ1) is 13.2. The zero-order chi connectivity index (χ0) is 13.0. The lowest BCUT2D eigenvalue weighted by atomic mass is 10.0. The van der Waals surface area contributed by atoms with Gasteiger partial charge in [-0.2, -0.15) is 0 Å². The third-order valence-corrected chi connectivity index (χ3v) is 3.87. The molecule has 3 heteroatoms. The van der Waals surface area contributed by atoms with E-state index in [9.17, 15) is 0 Å². The van der Waals surface area contributed by atoms with Gasteiger partial charge in [0, 0.05) is 31.1 Å². The number of hydrogen-bond acceptors (Lipinski definition) is 3. The van der Waals surface area contributed by atoms with Gasteiger partial charge in [0.25, 0.3) is 0 Å². The molecule has 0 saturated heterocycles. The Morgan fingerprint density at radius 3 is 2.89 bits per heavy atom. The van der Waals surface area contributed by atoms with Crippen LogP contribution in [0.2, 0.25) is 0 Å². The molecule has 0 saturated carbocycles. The van der Waals surface area contributed by atoms with Crippen LogP contribution in [0.4, 0.5) is 0 Å². The molecule has 2 aromatic rings. The maximum absolute atomic E-state index is 5.07. The number of methoxy groups -OCH3 is 1. The number of aromatic nitrogens is 1. The Morgan fingerprint density at radius 1 is 1.28 bits per heavy atom. The first-order valence-corrected chi connectivity index (χ1v) is 7.09. The minimum atomic E-state index is 0.804. The number of hydrogen-bond donors (Lipinski definition) is 0. The fourth-order valence-corrected chi connectivity index (χ4v) is 2.77. The predicted octanol–water partition coefficient (Wildman–Crippen LogP) is 4.01. The van der Waals surface area contributed by atoms with Crippen LogP contribution in [0.5, 0.6) is 0 Å². The Morgan fingerprint density at radius 2 is 2.11 bits per heavy atom. The van der Waals surface area contributed by atoms with Gasteiger partial charge in [0.15, 0.2) is 0 Å². The predicted molar refractivity (Wildman–Crippen MR) is 77.2 cm³/mol. The molecule has 0 unspecified atom stereocenters. The Bertz CT molecular complexity index is 519. The molecular formula is C15H19NOS. The molecule has 0 aliphatic heterocycles. The lowest BCUT2D eigenvalue weighted by Crippen LogP contribution is -1.92. The Labute approximate surface area is 113 Å². The van der Waals surface area contributed by atoms with Gasteiger partial charge >= 0.3 is 0 Å². The summed E-state index contributed by atoms with van der Waals surface area (Å²) in [5, 5.41) is 3.35. The van der Waals surface area contributed by atoms with Gasteiger partial charge in [-0.25, -0.2) is 4.98 Å². The summed E-state index contributed by atoms with van der Waals surface area (Å²) in [6.07, 6.45) is 2.04. The highest BCUT2D eigenvalue weighted by Gasteiger charge is 2.07. The zero-order valence-electron chi connectivity index (χ0n) is 11.2. The van der Waals surface area contributed by atoms with Crippen LogP contribution in [-0.4, -0.2) is 18.7 Å². The smallest absolute Gasteiger partial charge is 0.0933 e. The normalized spacial score (nSPS) is 10.8. The minimum absolute atomic E-state index is 0.804. The number of benzene rings is 1. The average molecular weight is 261 g/mol. The highest BCUT2D eigenvalue weighted by atomic mass is 32.1. The van der Waals surface area contributed by atoms with E-state index in [1.807, 2.05) is 0 Å². The molecule has 96 valence electrons. The first-order valence-electron chi connectivity index (χ1n) is 6.21. The summed E-state index contributed by atoms with van der Waals surface area (Å²) >= 11 is 1.74. The molecule has 2 nitrogen and oxygen atoms in total. The highest BCUT2D eigenvalue weighted by Crippen LogP contribution is 2.26. The van der Waals surface area contributed by atoms with Crippen LogP contribution in [0.15, 0.2) is 23.6 Å². The van der Waals surface area contributed by atoms with Crippen molar-refractivity contribution in [2.45, 2.75) is 26.7 Å². The second-order valence-corrected chi connectivity index (χ2v) is 5.48. The molecule has 18 heavy (non-hydrogen) atoms. The molecule has 0 atom stereocenters. The van der Waals surface area contributed by atoms with Crippen LogP contribution in [0.25, 0.3) is 11.3 Å². The Balaban J connectivity index is 2.16. The van der Waals surface area contributed by atoms with Crippen LogP contribution in [0.1, 0.15) is 22.6 Å². The topological polar surface area (TPSA) is 22.1 Å². The third kappa shape index (κ3) is 3.18. The molecule has 1 heterocycles. The Kier molecular flexibility index (Phi) is 4.50. The maximum atomic E-state index is 5.07. The molecule has 1 aromatic carbocycles. The number of rotatable bonds is 5. The van der Waals surface area contributed by atoms with Crippen molar-refractivity contribution in [3.63, 3.8) is 0 Å². The van der Waals surface area contributed by atoms with E-state index in [1.165, 1.54) is 21.7 Å². The van der Waals surface area contributed by atoms with Gasteiger partial charge in [0.2, 0.25) is 0 Å². The molecule has 1 aromatic heterocycles. The molecular weight excluding hydrogens is 242 g/mol.